The molecule has 1 aliphatic rings. The topological polar surface area (TPSA) is 13.1 Å². The van der Waals surface area contributed by atoms with Crippen LogP contribution in [0, 0.1) is 0 Å². The second kappa shape index (κ2) is 15.4. The molecule has 3 nitrogen and oxygen atoms in total. The van der Waals surface area contributed by atoms with Crippen molar-refractivity contribution in [1.82, 2.24) is 9.13 Å². The van der Waals surface area contributed by atoms with Crippen molar-refractivity contribution in [3.05, 3.63) is 260 Å². The highest BCUT2D eigenvalue weighted by atomic mass is 15.2. The number of hydrogen-bond donors (Lipinski definition) is 0. The zero-order valence-electron chi connectivity index (χ0n) is 40.0. The summed E-state index contributed by atoms with van der Waals surface area (Å²) in [5.74, 6) is 0. The Morgan fingerprint density at radius 1 is 0.306 bits per heavy atom. The summed E-state index contributed by atoms with van der Waals surface area (Å²) >= 11 is 0. The Kier molecular flexibility index (Phi) is 8.71. The summed E-state index contributed by atoms with van der Waals surface area (Å²) in [4.78, 5) is 2.63. The van der Waals surface area contributed by atoms with Gasteiger partial charge in [-0.2, -0.15) is 0 Å². The van der Waals surface area contributed by atoms with E-state index in [1.807, 2.05) is 0 Å². The first-order valence-corrected chi connectivity index (χ1v) is 25.1. The predicted octanol–water partition coefficient (Wildman–Crippen LogP) is 18.8. The van der Waals surface area contributed by atoms with Gasteiger partial charge in [-0.15, -0.1) is 0 Å². The van der Waals surface area contributed by atoms with Crippen LogP contribution in [-0.2, 0) is 5.41 Å². The van der Waals surface area contributed by atoms with Gasteiger partial charge in [0.1, 0.15) is 0 Å². The predicted molar refractivity (Wildman–Crippen MR) is 305 cm³/mol. The molecule has 15 rings (SSSR count). The van der Waals surface area contributed by atoms with E-state index in [1.165, 1.54) is 126 Å². The fraction of sp³-hybridized carbons (Fsp3) is 0.0435. The van der Waals surface area contributed by atoms with Gasteiger partial charge in [0.2, 0.25) is 0 Å². The first-order valence-electron chi connectivity index (χ1n) is 25.1. The average Bonchev–Trinajstić information content (AvgIpc) is 3.96. The normalized spacial score (nSPS) is 13.2. The molecule has 12 aromatic carbocycles. The molecule has 3 heteroatoms. The van der Waals surface area contributed by atoms with E-state index in [1.54, 1.807) is 0 Å². The number of para-hydroxylation sites is 4. The van der Waals surface area contributed by atoms with Gasteiger partial charge in [0.25, 0.3) is 0 Å². The molecule has 0 saturated carbocycles. The van der Waals surface area contributed by atoms with Crippen LogP contribution in [0.4, 0.5) is 17.1 Å². The number of nitrogens with zero attached hydrogens (tertiary/aromatic N) is 3. The molecule has 0 fully saturated rings. The summed E-state index contributed by atoms with van der Waals surface area (Å²) in [7, 11) is 0. The van der Waals surface area contributed by atoms with Crippen LogP contribution in [-0.4, -0.2) is 9.13 Å². The van der Waals surface area contributed by atoms with Crippen LogP contribution in [0.3, 0.4) is 0 Å². The van der Waals surface area contributed by atoms with Crippen LogP contribution in [0.5, 0.6) is 0 Å². The molecule has 0 spiro atoms. The highest BCUT2D eigenvalue weighted by Crippen LogP contribution is 2.57. The summed E-state index contributed by atoms with van der Waals surface area (Å²) in [6.07, 6.45) is 0. The summed E-state index contributed by atoms with van der Waals surface area (Å²) in [5, 5.41) is 12.3. The van der Waals surface area contributed by atoms with Gasteiger partial charge in [0.15, 0.2) is 0 Å². The van der Waals surface area contributed by atoms with Crippen LogP contribution in [0.2, 0.25) is 0 Å². The average molecular weight is 918 g/mol. The summed E-state index contributed by atoms with van der Waals surface area (Å²) in [5.41, 5.74) is 17.7. The van der Waals surface area contributed by atoms with Crippen molar-refractivity contribution in [2.24, 2.45) is 0 Å². The van der Waals surface area contributed by atoms with E-state index in [4.69, 9.17) is 0 Å². The van der Waals surface area contributed by atoms with Gasteiger partial charge in [-0.1, -0.05) is 202 Å². The number of rotatable bonds is 5. The minimum Gasteiger partial charge on any atom is -0.309 e. The highest BCUT2D eigenvalue weighted by Gasteiger charge is 2.39. The molecule has 2 aromatic heterocycles. The van der Waals surface area contributed by atoms with Crippen molar-refractivity contribution in [1.29, 1.82) is 0 Å². The third-order valence-electron chi connectivity index (χ3n) is 15.8. The summed E-state index contributed by atoms with van der Waals surface area (Å²) in [6.45, 7) is 4.82. The number of aromatic nitrogens is 2. The fourth-order valence-electron chi connectivity index (χ4n) is 12.6. The number of hydrogen-bond acceptors (Lipinski definition) is 1. The van der Waals surface area contributed by atoms with E-state index in [9.17, 15) is 0 Å². The second-order valence-corrected chi connectivity index (χ2v) is 20.0. The first-order chi connectivity index (χ1) is 35.5. The van der Waals surface area contributed by atoms with Gasteiger partial charge >= 0.3 is 0 Å². The van der Waals surface area contributed by atoms with Crippen molar-refractivity contribution in [2.45, 2.75) is 19.3 Å². The Morgan fingerprint density at radius 2 is 0.694 bits per heavy atom. The van der Waals surface area contributed by atoms with Crippen molar-refractivity contribution >= 4 is 93.0 Å². The van der Waals surface area contributed by atoms with Gasteiger partial charge in [-0.25, -0.2) is 0 Å². The molecule has 0 atom stereocenters. The van der Waals surface area contributed by atoms with E-state index in [-0.39, 0.29) is 5.41 Å². The molecule has 0 aliphatic carbocycles. The van der Waals surface area contributed by atoms with E-state index >= 15 is 0 Å². The highest BCUT2D eigenvalue weighted by molar-refractivity contribution is 6.24. The lowest BCUT2D eigenvalue weighted by Gasteiger charge is -2.43. The minimum absolute atomic E-state index is 0.343. The molecule has 0 saturated heterocycles. The third-order valence-corrected chi connectivity index (χ3v) is 15.8. The Morgan fingerprint density at radius 3 is 1.17 bits per heavy atom. The number of fused-ring (bicyclic) bond motifs is 11. The van der Waals surface area contributed by atoms with Gasteiger partial charge in [0.05, 0.1) is 39.1 Å². The maximum absolute atomic E-state index is 2.63. The van der Waals surface area contributed by atoms with Gasteiger partial charge in [0, 0.05) is 49.1 Å². The Hall–Kier alpha value is -9.18. The molecule has 14 aromatic rings. The Bertz CT molecular complexity index is 4220. The van der Waals surface area contributed by atoms with E-state index < -0.39 is 0 Å². The van der Waals surface area contributed by atoms with Crippen LogP contribution in [0.15, 0.2) is 249 Å². The van der Waals surface area contributed by atoms with Gasteiger partial charge in [-0.3, -0.25) is 0 Å². The Labute approximate surface area is 417 Å². The van der Waals surface area contributed by atoms with Crippen molar-refractivity contribution in [2.75, 3.05) is 4.90 Å². The monoisotopic (exact) mass is 917 g/mol. The largest absolute Gasteiger partial charge is 0.309 e. The molecule has 0 bridgehead atoms. The number of benzene rings is 12. The minimum atomic E-state index is -0.343. The van der Waals surface area contributed by atoms with Crippen molar-refractivity contribution < 1.29 is 0 Å². The molecular weight excluding hydrogens is 871 g/mol. The lowest BCUT2D eigenvalue weighted by atomic mass is 9.73. The SMILES string of the molecule is CC1(C)c2ccc(-n3c4ccccc4c4ccccc43)cc2N(c2c3ccccc3c(-c3cc(-c4ccccc4)c4ccccc4c3)c3ccccc23)c2cc(-n3c4ccccc4c4ccccc43)ccc21. The second-order valence-electron chi connectivity index (χ2n) is 20.0. The third kappa shape index (κ3) is 5.79. The summed E-state index contributed by atoms with van der Waals surface area (Å²) < 4.78 is 4.92. The maximum Gasteiger partial charge on any atom is 0.0619 e. The van der Waals surface area contributed by atoms with E-state index in [2.05, 4.69) is 277 Å². The summed E-state index contributed by atoms with van der Waals surface area (Å²) in [6, 6.07) is 92.6. The van der Waals surface area contributed by atoms with E-state index in [0.29, 0.717) is 0 Å². The molecule has 72 heavy (non-hydrogen) atoms. The van der Waals surface area contributed by atoms with Crippen molar-refractivity contribution in [3.8, 4) is 33.6 Å². The molecule has 0 radical (unpaired) electrons. The van der Waals surface area contributed by atoms with Gasteiger partial charge < -0.3 is 14.0 Å². The van der Waals surface area contributed by atoms with Crippen LogP contribution >= 0.6 is 0 Å². The fourth-order valence-corrected chi connectivity index (χ4v) is 12.6. The lowest BCUT2D eigenvalue weighted by molar-refractivity contribution is 0.632. The maximum atomic E-state index is 2.63. The lowest BCUT2D eigenvalue weighted by Crippen LogP contribution is -2.31. The zero-order chi connectivity index (χ0) is 47.7. The Balaban J connectivity index is 1.06. The first kappa shape index (κ1) is 40.7. The molecule has 3 heterocycles. The molecule has 0 amide bonds. The zero-order valence-corrected chi connectivity index (χ0v) is 40.0. The van der Waals surface area contributed by atoms with Crippen LogP contribution in [0.1, 0.15) is 25.0 Å². The quantitative estimate of drug-likeness (QED) is 0.157. The van der Waals surface area contributed by atoms with Crippen molar-refractivity contribution in [3.63, 3.8) is 0 Å². The van der Waals surface area contributed by atoms with Crippen LogP contribution in [0.25, 0.3) is 110 Å². The number of anilines is 3. The molecule has 1 aliphatic heterocycles. The smallest absolute Gasteiger partial charge is 0.0619 e. The van der Waals surface area contributed by atoms with E-state index in [0.717, 1.165) is 11.4 Å². The molecule has 0 N–H and O–H groups in total. The van der Waals surface area contributed by atoms with Gasteiger partial charge in [-0.05, 0) is 116 Å². The molecule has 0 unspecified atom stereocenters. The standard InChI is InChI=1S/C69H47N3/c1-69(2)59-38-36-47(70-61-32-16-12-24-50(61)51-25-13-17-33-62(51)70)42-65(59)72(66-43-48(37-39-60(66)69)71-63-34-18-14-26-52(63)53-27-15-19-35-64(53)71)68-56-30-10-8-28-54(56)67(55-29-9-11-31-57(55)68)46-40-45-22-6-7-23-49(45)58(41-46)44-20-4-3-5-21-44/h3-43H,1-2H3. The molecular formula is C69H47N3. The van der Waals surface area contributed by atoms with Crippen LogP contribution < -0.4 is 4.90 Å². The molecule has 338 valence electrons.